The maximum atomic E-state index is 5.58. The second-order valence-corrected chi connectivity index (χ2v) is 5.28. The minimum atomic E-state index is 0.376. The Bertz CT molecular complexity index is 372. The predicted octanol–water partition coefficient (Wildman–Crippen LogP) is 2.64. The van der Waals surface area contributed by atoms with Crippen LogP contribution in [0.5, 0.6) is 0 Å². The normalized spacial score (nSPS) is 23.2. The van der Waals surface area contributed by atoms with Crippen molar-refractivity contribution >= 4 is 0 Å². The van der Waals surface area contributed by atoms with E-state index in [1.54, 1.807) is 0 Å². The highest BCUT2D eigenvalue weighted by molar-refractivity contribution is 5.23. The molecular weight excluding hydrogens is 212 g/mol. The number of nitrogens with zero attached hydrogens (tertiary/aromatic N) is 1. The van der Waals surface area contributed by atoms with E-state index in [1.807, 2.05) is 13.8 Å². The highest BCUT2D eigenvalue weighted by atomic mass is 16.3. The van der Waals surface area contributed by atoms with Gasteiger partial charge in [-0.15, -0.1) is 0 Å². The van der Waals surface area contributed by atoms with Crippen LogP contribution in [0.15, 0.2) is 10.5 Å². The van der Waals surface area contributed by atoms with E-state index in [0.717, 1.165) is 18.1 Å². The second kappa shape index (κ2) is 5.23. The summed E-state index contributed by atoms with van der Waals surface area (Å²) < 4.78 is 5.58. The van der Waals surface area contributed by atoms with Gasteiger partial charge in [-0.3, -0.25) is 0 Å². The van der Waals surface area contributed by atoms with E-state index in [-0.39, 0.29) is 0 Å². The van der Waals surface area contributed by atoms with Gasteiger partial charge in [0.15, 0.2) is 0 Å². The van der Waals surface area contributed by atoms with Crippen molar-refractivity contribution in [2.75, 3.05) is 20.1 Å². The SMILES string of the molecule is Cc1cc(C(C)NCC2CCCN2C)c(C)o1. The zero-order valence-electron chi connectivity index (χ0n) is 11.4. The third-order valence-electron chi connectivity index (χ3n) is 3.88. The number of rotatable bonds is 4. The average Bonchev–Trinajstić information content (AvgIpc) is 2.81. The number of hydrogen-bond donors (Lipinski definition) is 1. The fraction of sp³-hybridized carbons (Fsp3) is 0.714. The molecule has 2 heterocycles. The Morgan fingerprint density at radius 3 is 2.82 bits per heavy atom. The summed E-state index contributed by atoms with van der Waals surface area (Å²) in [4.78, 5) is 2.45. The molecule has 0 radical (unpaired) electrons. The van der Waals surface area contributed by atoms with Gasteiger partial charge in [-0.1, -0.05) is 0 Å². The Hall–Kier alpha value is -0.800. The standard InChI is InChI=1S/C14H24N2O/c1-10-8-14(12(3)17-10)11(2)15-9-13-6-5-7-16(13)4/h8,11,13,15H,5-7,9H2,1-4H3. The maximum absolute atomic E-state index is 5.58. The molecule has 2 rings (SSSR count). The van der Waals surface area contributed by atoms with E-state index in [9.17, 15) is 0 Å². The zero-order valence-corrected chi connectivity index (χ0v) is 11.4. The van der Waals surface area contributed by atoms with Crippen molar-refractivity contribution in [1.82, 2.24) is 10.2 Å². The minimum absolute atomic E-state index is 0.376. The van der Waals surface area contributed by atoms with E-state index in [1.165, 1.54) is 24.9 Å². The smallest absolute Gasteiger partial charge is 0.105 e. The van der Waals surface area contributed by atoms with Crippen molar-refractivity contribution in [3.63, 3.8) is 0 Å². The molecule has 96 valence electrons. The fourth-order valence-corrected chi connectivity index (χ4v) is 2.74. The summed E-state index contributed by atoms with van der Waals surface area (Å²) in [6, 6.07) is 3.22. The molecule has 1 N–H and O–H groups in total. The molecule has 0 amide bonds. The van der Waals surface area contributed by atoms with Crippen LogP contribution in [0.2, 0.25) is 0 Å². The van der Waals surface area contributed by atoms with Crippen LogP contribution >= 0.6 is 0 Å². The molecule has 3 heteroatoms. The van der Waals surface area contributed by atoms with Crippen molar-refractivity contribution in [3.05, 3.63) is 23.2 Å². The van der Waals surface area contributed by atoms with Crippen LogP contribution in [-0.2, 0) is 0 Å². The maximum Gasteiger partial charge on any atom is 0.105 e. The molecule has 3 nitrogen and oxygen atoms in total. The van der Waals surface area contributed by atoms with E-state index >= 15 is 0 Å². The van der Waals surface area contributed by atoms with Crippen molar-refractivity contribution < 1.29 is 4.42 Å². The highest BCUT2D eigenvalue weighted by Gasteiger charge is 2.21. The molecule has 1 saturated heterocycles. The van der Waals surface area contributed by atoms with Gasteiger partial charge in [0.1, 0.15) is 11.5 Å². The van der Waals surface area contributed by atoms with E-state index < -0.39 is 0 Å². The number of likely N-dealkylation sites (N-methyl/N-ethyl adjacent to an activating group) is 1. The Labute approximate surface area is 104 Å². The second-order valence-electron chi connectivity index (χ2n) is 5.28. The van der Waals surface area contributed by atoms with E-state index in [2.05, 4.69) is 30.3 Å². The van der Waals surface area contributed by atoms with Crippen molar-refractivity contribution in [3.8, 4) is 0 Å². The van der Waals surface area contributed by atoms with Crippen molar-refractivity contribution in [1.29, 1.82) is 0 Å². The molecule has 0 aliphatic carbocycles. The van der Waals surface area contributed by atoms with E-state index in [0.29, 0.717) is 12.1 Å². The van der Waals surface area contributed by atoms with Gasteiger partial charge in [0, 0.05) is 24.2 Å². The number of nitrogens with one attached hydrogen (secondary N) is 1. The van der Waals surface area contributed by atoms with Crippen LogP contribution in [0.25, 0.3) is 0 Å². The van der Waals surface area contributed by atoms with E-state index in [4.69, 9.17) is 4.42 Å². The lowest BCUT2D eigenvalue weighted by Gasteiger charge is -2.22. The van der Waals surface area contributed by atoms with Gasteiger partial charge >= 0.3 is 0 Å². The Balaban J connectivity index is 1.88. The molecule has 1 aromatic rings. The lowest BCUT2D eigenvalue weighted by Crippen LogP contribution is -2.36. The fourth-order valence-electron chi connectivity index (χ4n) is 2.74. The molecule has 2 unspecified atom stereocenters. The number of aryl methyl sites for hydroxylation is 2. The minimum Gasteiger partial charge on any atom is -0.466 e. The van der Waals surface area contributed by atoms with Gasteiger partial charge in [0.05, 0.1) is 0 Å². The Morgan fingerprint density at radius 1 is 1.53 bits per heavy atom. The monoisotopic (exact) mass is 236 g/mol. The molecular formula is C14H24N2O. The number of likely N-dealkylation sites (tertiary alicyclic amines) is 1. The lowest BCUT2D eigenvalue weighted by atomic mass is 10.1. The first-order valence-corrected chi connectivity index (χ1v) is 6.58. The zero-order chi connectivity index (χ0) is 12.4. The molecule has 1 fully saturated rings. The molecule has 0 saturated carbocycles. The molecule has 17 heavy (non-hydrogen) atoms. The summed E-state index contributed by atoms with van der Waals surface area (Å²) in [6.07, 6.45) is 2.65. The summed E-state index contributed by atoms with van der Waals surface area (Å²) in [5, 5.41) is 3.62. The summed E-state index contributed by atoms with van der Waals surface area (Å²) in [6.45, 7) is 8.58. The van der Waals surface area contributed by atoms with Crippen LogP contribution in [0.3, 0.4) is 0 Å². The van der Waals surface area contributed by atoms with Crippen LogP contribution in [0.1, 0.15) is 42.9 Å². The van der Waals surface area contributed by atoms with Crippen LogP contribution < -0.4 is 5.32 Å². The highest BCUT2D eigenvalue weighted by Crippen LogP contribution is 2.22. The van der Waals surface area contributed by atoms with Gasteiger partial charge in [-0.25, -0.2) is 0 Å². The first-order valence-electron chi connectivity index (χ1n) is 6.58. The largest absolute Gasteiger partial charge is 0.466 e. The summed E-state index contributed by atoms with van der Waals surface area (Å²) in [7, 11) is 2.22. The first-order chi connectivity index (χ1) is 8.08. The Morgan fingerprint density at radius 2 is 2.29 bits per heavy atom. The Kier molecular flexibility index (Phi) is 3.89. The third kappa shape index (κ3) is 2.90. The van der Waals surface area contributed by atoms with Gasteiger partial charge < -0.3 is 14.6 Å². The average molecular weight is 236 g/mol. The summed E-state index contributed by atoms with van der Waals surface area (Å²) >= 11 is 0. The predicted molar refractivity (Wildman–Crippen MR) is 70.3 cm³/mol. The summed E-state index contributed by atoms with van der Waals surface area (Å²) in [5.41, 5.74) is 1.29. The van der Waals surface area contributed by atoms with Gasteiger partial charge in [0.25, 0.3) is 0 Å². The lowest BCUT2D eigenvalue weighted by molar-refractivity contribution is 0.293. The molecule has 1 aliphatic rings. The molecule has 1 aliphatic heterocycles. The van der Waals surface area contributed by atoms with Gasteiger partial charge in [0.2, 0.25) is 0 Å². The molecule has 2 atom stereocenters. The third-order valence-corrected chi connectivity index (χ3v) is 3.88. The number of furan rings is 1. The molecule has 0 spiro atoms. The molecule has 0 bridgehead atoms. The van der Waals surface area contributed by atoms with Gasteiger partial charge in [-0.2, -0.15) is 0 Å². The topological polar surface area (TPSA) is 28.4 Å². The molecule has 1 aromatic heterocycles. The van der Waals surface area contributed by atoms with Crippen LogP contribution in [0, 0.1) is 13.8 Å². The van der Waals surface area contributed by atoms with Crippen molar-refractivity contribution in [2.45, 2.75) is 45.7 Å². The quantitative estimate of drug-likeness (QED) is 0.871. The van der Waals surface area contributed by atoms with Gasteiger partial charge in [-0.05, 0) is 53.3 Å². The van der Waals surface area contributed by atoms with Crippen LogP contribution in [0.4, 0.5) is 0 Å². The van der Waals surface area contributed by atoms with Crippen LogP contribution in [-0.4, -0.2) is 31.1 Å². The number of hydrogen-bond acceptors (Lipinski definition) is 3. The molecule has 0 aromatic carbocycles. The van der Waals surface area contributed by atoms with Crippen molar-refractivity contribution in [2.24, 2.45) is 0 Å². The summed E-state index contributed by atoms with van der Waals surface area (Å²) in [5.74, 6) is 2.05. The first kappa shape index (κ1) is 12.7.